The SMILES string of the molecule is O=C(NCCc1c(Cl)cccc1Cl)Nc1ccccc1Br. The number of para-hydroxylation sites is 1. The van der Waals surface area contributed by atoms with Crippen molar-refractivity contribution < 1.29 is 4.79 Å². The van der Waals surface area contributed by atoms with Crippen molar-refractivity contribution in [3.8, 4) is 0 Å². The van der Waals surface area contributed by atoms with Gasteiger partial charge in [0.2, 0.25) is 0 Å². The standard InChI is InChI=1S/C15H13BrCl2N2O/c16-11-4-1-2-7-14(11)20-15(21)19-9-8-10-12(17)5-3-6-13(10)18/h1-7H,8-9H2,(H2,19,20,21). The molecule has 0 aromatic heterocycles. The minimum Gasteiger partial charge on any atom is -0.338 e. The van der Waals surface area contributed by atoms with E-state index in [4.69, 9.17) is 23.2 Å². The number of hydrogen-bond acceptors (Lipinski definition) is 1. The summed E-state index contributed by atoms with van der Waals surface area (Å²) in [7, 11) is 0. The van der Waals surface area contributed by atoms with Crippen LogP contribution in [0.25, 0.3) is 0 Å². The molecule has 0 aliphatic rings. The van der Waals surface area contributed by atoms with E-state index in [2.05, 4.69) is 26.6 Å². The van der Waals surface area contributed by atoms with E-state index < -0.39 is 0 Å². The van der Waals surface area contributed by atoms with Crippen LogP contribution in [0.3, 0.4) is 0 Å². The summed E-state index contributed by atoms with van der Waals surface area (Å²) in [5, 5.41) is 6.75. The number of benzene rings is 2. The van der Waals surface area contributed by atoms with Crippen LogP contribution in [-0.2, 0) is 6.42 Å². The summed E-state index contributed by atoms with van der Waals surface area (Å²) in [5.74, 6) is 0. The molecule has 0 aliphatic carbocycles. The fourth-order valence-corrected chi connectivity index (χ4v) is 2.77. The number of halogens is 3. The molecule has 0 fully saturated rings. The van der Waals surface area contributed by atoms with Crippen molar-refractivity contribution in [2.75, 3.05) is 11.9 Å². The molecule has 0 atom stereocenters. The number of nitrogens with one attached hydrogen (secondary N) is 2. The van der Waals surface area contributed by atoms with Crippen molar-refractivity contribution in [1.29, 1.82) is 0 Å². The summed E-state index contributed by atoms with van der Waals surface area (Å²) in [6.07, 6.45) is 0.571. The predicted octanol–water partition coefficient (Wildman–Crippen LogP) is 5.12. The van der Waals surface area contributed by atoms with Crippen molar-refractivity contribution >= 4 is 50.9 Å². The Labute approximate surface area is 141 Å². The Morgan fingerprint density at radius 3 is 2.38 bits per heavy atom. The monoisotopic (exact) mass is 386 g/mol. The predicted molar refractivity (Wildman–Crippen MR) is 91.3 cm³/mol. The molecule has 2 N–H and O–H groups in total. The summed E-state index contributed by atoms with van der Waals surface area (Å²) in [5.41, 5.74) is 1.55. The molecule has 0 heterocycles. The Morgan fingerprint density at radius 2 is 1.71 bits per heavy atom. The lowest BCUT2D eigenvalue weighted by Crippen LogP contribution is -2.30. The summed E-state index contributed by atoms with van der Waals surface area (Å²) in [6.45, 7) is 0.444. The first-order chi connectivity index (χ1) is 10.1. The Bertz CT molecular complexity index is 629. The number of carbonyl (C=O) groups is 1. The van der Waals surface area contributed by atoms with Crippen LogP contribution in [0.2, 0.25) is 10.0 Å². The van der Waals surface area contributed by atoms with Crippen molar-refractivity contribution in [3.63, 3.8) is 0 Å². The van der Waals surface area contributed by atoms with Crippen LogP contribution in [0.5, 0.6) is 0 Å². The van der Waals surface area contributed by atoms with Gasteiger partial charge in [0.1, 0.15) is 0 Å². The highest BCUT2D eigenvalue weighted by Crippen LogP contribution is 2.24. The first-order valence-corrected chi connectivity index (χ1v) is 7.85. The third-order valence-electron chi connectivity index (χ3n) is 2.84. The van der Waals surface area contributed by atoms with Gasteiger partial charge >= 0.3 is 6.03 Å². The molecule has 0 unspecified atom stereocenters. The first-order valence-electron chi connectivity index (χ1n) is 6.30. The Morgan fingerprint density at radius 1 is 1.05 bits per heavy atom. The Hall–Kier alpha value is -1.23. The lowest BCUT2D eigenvalue weighted by molar-refractivity contribution is 0.252. The molecule has 2 aromatic carbocycles. The number of rotatable bonds is 4. The summed E-state index contributed by atoms with van der Waals surface area (Å²) >= 11 is 15.5. The quantitative estimate of drug-likeness (QED) is 0.750. The van der Waals surface area contributed by atoms with Crippen LogP contribution in [0.4, 0.5) is 10.5 Å². The van der Waals surface area contributed by atoms with Crippen LogP contribution in [0, 0.1) is 0 Å². The van der Waals surface area contributed by atoms with Crippen LogP contribution in [0.15, 0.2) is 46.9 Å². The van der Waals surface area contributed by atoms with Crippen molar-refractivity contribution in [2.45, 2.75) is 6.42 Å². The van der Waals surface area contributed by atoms with E-state index in [1.807, 2.05) is 24.3 Å². The maximum Gasteiger partial charge on any atom is 0.319 e. The molecular weight excluding hydrogens is 375 g/mol. The zero-order valence-electron chi connectivity index (χ0n) is 11.0. The molecule has 2 amide bonds. The fraction of sp³-hybridized carbons (Fsp3) is 0.133. The minimum atomic E-state index is -0.273. The topological polar surface area (TPSA) is 41.1 Å². The van der Waals surface area contributed by atoms with Gasteiger partial charge in [0, 0.05) is 21.1 Å². The van der Waals surface area contributed by atoms with Crippen LogP contribution in [-0.4, -0.2) is 12.6 Å². The summed E-state index contributed by atoms with van der Waals surface area (Å²) < 4.78 is 0.828. The third-order valence-corrected chi connectivity index (χ3v) is 4.24. The van der Waals surface area contributed by atoms with Gasteiger partial charge in [-0.05, 0) is 52.2 Å². The van der Waals surface area contributed by atoms with Crippen molar-refractivity contribution in [2.24, 2.45) is 0 Å². The molecule has 2 aromatic rings. The van der Waals surface area contributed by atoms with Gasteiger partial charge in [0.25, 0.3) is 0 Å². The van der Waals surface area contributed by atoms with Gasteiger partial charge in [-0.25, -0.2) is 4.79 Å². The smallest absolute Gasteiger partial charge is 0.319 e. The number of urea groups is 1. The molecule has 0 radical (unpaired) electrons. The number of anilines is 1. The first kappa shape index (κ1) is 16.1. The van der Waals surface area contributed by atoms with E-state index >= 15 is 0 Å². The van der Waals surface area contributed by atoms with Crippen LogP contribution < -0.4 is 10.6 Å². The third kappa shape index (κ3) is 4.63. The molecular formula is C15H13BrCl2N2O. The van der Waals surface area contributed by atoms with Gasteiger partial charge in [0.15, 0.2) is 0 Å². The molecule has 110 valence electrons. The number of amides is 2. The largest absolute Gasteiger partial charge is 0.338 e. The second-order valence-corrected chi connectivity index (χ2v) is 5.98. The molecule has 6 heteroatoms. The lowest BCUT2D eigenvalue weighted by Gasteiger charge is -2.10. The molecule has 0 bridgehead atoms. The summed E-state index contributed by atoms with van der Waals surface area (Å²) in [6, 6.07) is 12.5. The number of hydrogen-bond donors (Lipinski definition) is 2. The fourth-order valence-electron chi connectivity index (χ4n) is 1.80. The normalized spacial score (nSPS) is 10.2. The Balaban J connectivity index is 1.86. The van der Waals surface area contributed by atoms with Gasteiger partial charge < -0.3 is 10.6 Å². The highest BCUT2D eigenvalue weighted by atomic mass is 79.9. The van der Waals surface area contributed by atoms with Gasteiger partial charge in [-0.3, -0.25) is 0 Å². The van der Waals surface area contributed by atoms with E-state index in [9.17, 15) is 4.79 Å². The van der Waals surface area contributed by atoms with Gasteiger partial charge in [0.05, 0.1) is 5.69 Å². The Kier molecular flexibility index (Phi) is 5.91. The molecule has 0 spiro atoms. The van der Waals surface area contributed by atoms with E-state index in [-0.39, 0.29) is 6.03 Å². The highest BCUT2D eigenvalue weighted by molar-refractivity contribution is 9.10. The van der Waals surface area contributed by atoms with Crippen molar-refractivity contribution in [3.05, 3.63) is 62.5 Å². The maximum absolute atomic E-state index is 11.8. The average molecular weight is 388 g/mol. The van der Waals surface area contributed by atoms with Gasteiger partial charge in [-0.15, -0.1) is 0 Å². The second-order valence-electron chi connectivity index (χ2n) is 4.31. The lowest BCUT2D eigenvalue weighted by atomic mass is 10.1. The molecule has 0 saturated heterocycles. The molecule has 3 nitrogen and oxygen atoms in total. The minimum absolute atomic E-state index is 0.273. The maximum atomic E-state index is 11.8. The highest BCUT2D eigenvalue weighted by Gasteiger charge is 2.07. The van der Waals surface area contributed by atoms with E-state index in [0.717, 1.165) is 10.0 Å². The van der Waals surface area contributed by atoms with Crippen molar-refractivity contribution in [1.82, 2.24) is 5.32 Å². The zero-order chi connectivity index (χ0) is 15.2. The van der Waals surface area contributed by atoms with Gasteiger partial charge in [-0.1, -0.05) is 41.4 Å². The molecule has 0 saturated carbocycles. The average Bonchev–Trinajstić information content (AvgIpc) is 2.45. The van der Waals surface area contributed by atoms with E-state index in [1.54, 1.807) is 18.2 Å². The molecule has 2 rings (SSSR count). The molecule has 21 heavy (non-hydrogen) atoms. The van der Waals surface area contributed by atoms with E-state index in [1.165, 1.54) is 0 Å². The van der Waals surface area contributed by atoms with E-state index in [0.29, 0.717) is 28.7 Å². The zero-order valence-corrected chi connectivity index (χ0v) is 14.1. The second kappa shape index (κ2) is 7.69. The number of carbonyl (C=O) groups excluding carboxylic acids is 1. The van der Waals surface area contributed by atoms with Gasteiger partial charge in [-0.2, -0.15) is 0 Å². The van der Waals surface area contributed by atoms with Crippen LogP contribution in [0.1, 0.15) is 5.56 Å². The molecule has 0 aliphatic heterocycles. The van der Waals surface area contributed by atoms with Crippen LogP contribution >= 0.6 is 39.1 Å². The summed E-state index contributed by atoms with van der Waals surface area (Å²) in [4.78, 5) is 11.8.